The summed E-state index contributed by atoms with van der Waals surface area (Å²) < 4.78 is 1.22. The van der Waals surface area contributed by atoms with Crippen LogP contribution in [0, 0.1) is 0 Å². The Balaban J connectivity index is 1.19. The average molecular weight is 541 g/mol. The van der Waals surface area contributed by atoms with Crippen molar-refractivity contribution in [3.63, 3.8) is 0 Å². The van der Waals surface area contributed by atoms with Gasteiger partial charge in [-0.2, -0.15) is 0 Å². The molecule has 41 heavy (non-hydrogen) atoms. The van der Waals surface area contributed by atoms with Crippen LogP contribution >= 0.6 is 11.3 Å². The molecule has 0 bridgehead atoms. The summed E-state index contributed by atoms with van der Waals surface area (Å²) in [4.78, 5) is 9.98. The molecular weight excluding hydrogens is 516 g/mol. The number of fused-ring (bicyclic) bond motifs is 4. The number of aromatic nitrogens is 2. The first-order chi connectivity index (χ1) is 20.3. The van der Waals surface area contributed by atoms with Crippen LogP contribution in [0.5, 0.6) is 0 Å². The van der Waals surface area contributed by atoms with Gasteiger partial charge in [0.2, 0.25) is 0 Å². The predicted octanol–water partition coefficient (Wildman–Crippen LogP) is 10.7. The molecule has 0 atom stereocenters. The largest absolute Gasteiger partial charge is 0.247 e. The highest BCUT2D eigenvalue weighted by Gasteiger charge is 2.14. The summed E-state index contributed by atoms with van der Waals surface area (Å²) in [5, 5.41) is 4.64. The molecule has 0 N–H and O–H groups in total. The SMILES string of the molecule is c1ccc(-c2cccc3c(-c4ccc(-c5ccc(-c6nc7ccccc7s6)cc5)cc4)nc4ccccc4c23)cc1. The van der Waals surface area contributed by atoms with Gasteiger partial charge in [0, 0.05) is 27.3 Å². The molecule has 0 aliphatic rings. The van der Waals surface area contributed by atoms with E-state index in [2.05, 4.69) is 140 Å². The highest BCUT2D eigenvalue weighted by molar-refractivity contribution is 7.21. The number of hydrogen-bond donors (Lipinski definition) is 0. The fourth-order valence-corrected chi connectivity index (χ4v) is 6.67. The summed E-state index contributed by atoms with van der Waals surface area (Å²) in [5.41, 5.74) is 10.1. The number of thiazole rings is 1. The molecule has 0 amide bonds. The summed E-state index contributed by atoms with van der Waals surface area (Å²) in [7, 11) is 0. The van der Waals surface area contributed by atoms with Gasteiger partial charge in [0.15, 0.2) is 0 Å². The quantitative estimate of drug-likeness (QED) is 0.208. The number of benzene rings is 6. The van der Waals surface area contributed by atoms with E-state index in [1.54, 1.807) is 11.3 Å². The summed E-state index contributed by atoms with van der Waals surface area (Å²) in [5.74, 6) is 0. The highest BCUT2D eigenvalue weighted by Crippen LogP contribution is 2.39. The van der Waals surface area contributed by atoms with Gasteiger partial charge in [0.1, 0.15) is 5.01 Å². The maximum Gasteiger partial charge on any atom is 0.124 e. The third-order valence-corrected chi connectivity index (χ3v) is 8.81. The molecule has 0 aliphatic carbocycles. The lowest BCUT2D eigenvalue weighted by Gasteiger charge is -2.14. The first-order valence-electron chi connectivity index (χ1n) is 13.8. The zero-order valence-corrected chi connectivity index (χ0v) is 23.0. The van der Waals surface area contributed by atoms with Gasteiger partial charge in [-0.3, -0.25) is 0 Å². The Morgan fingerprint density at radius 3 is 1.76 bits per heavy atom. The number of para-hydroxylation sites is 2. The maximum absolute atomic E-state index is 5.17. The Labute approximate surface area is 242 Å². The monoisotopic (exact) mass is 540 g/mol. The number of rotatable bonds is 4. The van der Waals surface area contributed by atoms with Crippen molar-refractivity contribution in [1.82, 2.24) is 9.97 Å². The number of nitrogens with zero attached hydrogens (tertiary/aromatic N) is 2. The Morgan fingerprint density at radius 2 is 1.00 bits per heavy atom. The lowest BCUT2D eigenvalue weighted by atomic mass is 9.92. The maximum atomic E-state index is 5.17. The first kappa shape index (κ1) is 23.7. The Kier molecular flexibility index (Phi) is 5.68. The molecule has 0 saturated heterocycles. The van der Waals surface area contributed by atoms with Crippen molar-refractivity contribution < 1.29 is 0 Å². The average Bonchev–Trinajstić information content (AvgIpc) is 3.49. The van der Waals surface area contributed by atoms with Crippen LogP contribution in [0.3, 0.4) is 0 Å². The molecule has 8 rings (SSSR count). The van der Waals surface area contributed by atoms with Crippen molar-refractivity contribution >= 4 is 43.2 Å². The van der Waals surface area contributed by atoms with Crippen LogP contribution in [0.15, 0.2) is 146 Å². The van der Waals surface area contributed by atoms with E-state index >= 15 is 0 Å². The van der Waals surface area contributed by atoms with Gasteiger partial charge in [-0.1, -0.05) is 127 Å². The number of hydrogen-bond acceptors (Lipinski definition) is 3. The molecule has 192 valence electrons. The van der Waals surface area contributed by atoms with Crippen LogP contribution in [0.4, 0.5) is 0 Å². The van der Waals surface area contributed by atoms with Crippen LogP contribution in [0.25, 0.3) is 76.0 Å². The Hall–Kier alpha value is -5.12. The smallest absolute Gasteiger partial charge is 0.124 e. The fourth-order valence-electron chi connectivity index (χ4n) is 5.70. The molecule has 2 nitrogen and oxygen atoms in total. The zero-order valence-electron chi connectivity index (χ0n) is 22.2. The third-order valence-electron chi connectivity index (χ3n) is 7.73. The summed E-state index contributed by atoms with van der Waals surface area (Å²) in [6.07, 6.45) is 0. The van der Waals surface area contributed by atoms with Crippen molar-refractivity contribution in [3.05, 3.63) is 146 Å². The molecule has 0 spiro atoms. The second kappa shape index (κ2) is 9.81. The van der Waals surface area contributed by atoms with Crippen LogP contribution in [0.2, 0.25) is 0 Å². The lowest BCUT2D eigenvalue weighted by Crippen LogP contribution is -1.92. The molecule has 0 unspecified atom stereocenters. The van der Waals surface area contributed by atoms with E-state index < -0.39 is 0 Å². The van der Waals surface area contributed by atoms with Gasteiger partial charge in [0.25, 0.3) is 0 Å². The minimum absolute atomic E-state index is 1.01. The van der Waals surface area contributed by atoms with Crippen LogP contribution in [-0.2, 0) is 0 Å². The molecule has 0 saturated carbocycles. The van der Waals surface area contributed by atoms with Gasteiger partial charge >= 0.3 is 0 Å². The van der Waals surface area contributed by atoms with Gasteiger partial charge in [-0.25, -0.2) is 9.97 Å². The standard InChI is InChI=1S/C38H24N2S/c1-2-9-27(10-3-1)30-12-8-13-32-36(30)31-11-4-5-14-33(31)39-37(32)28-21-17-25(18-22-28)26-19-23-29(24-20-26)38-40-34-15-6-7-16-35(34)41-38/h1-24H. The molecule has 0 aliphatic heterocycles. The third kappa shape index (κ3) is 4.19. The summed E-state index contributed by atoms with van der Waals surface area (Å²) in [6, 6.07) is 51.5. The topological polar surface area (TPSA) is 25.8 Å². The van der Waals surface area contributed by atoms with E-state index in [0.29, 0.717) is 0 Å². The van der Waals surface area contributed by atoms with Crippen LogP contribution in [0.1, 0.15) is 0 Å². The molecule has 8 aromatic rings. The van der Waals surface area contributed by atoms with E-state index in [0.717, 1.165) is 38.2 Å². The molecular formula is C38H24N2S. The van der Waals surface area contributed by atoms with E-state index in [1.165, 1.54) is 37.7 Å². The molecule has 3 heteroatoms. The van der Waals surface area contributed by atoms with Crippen LogP contribution in [-0.4, -0.2) is 9.97 Å². The van der Waals surface area contributed by atoms with Crippen molar-refractivity contribution in [2.24, 2.45) is 0 Å². The number of pyridine rings is 1. The summed E-state index contributed by atoms with van der Waals surface area (Å²) >= 11 is 1.73. The first-order valence-corrected chi connectivity index (χ1v) is 14.6. The molecule has 6 aromatic carbocycles. The molecule has 0 radical (unpaired) electrons. The second-order valence-electron chi connectivity index (χ2n) is 10.2. The van der Waals surface area contributed by atoms with Gasteiger partial charge in [-0.15, -0.1) is 11.3 Å². The zero-order chi connectivity index (χ0) is 27.2. The minimum atomic E-state index is 1.01. The summed E-state index contributed by atoms with van der Waals surface area (Å²) in [6.45, 7) is 0. The minimum Gasteiger partial charge on any atom is -0.247 e. The normalized spacial score (nSPS) is 11.4. The lowest BCUT2D eigenvalue weighted by molar-refractivity contribution is 1.42. The van der Waals surface area contributed by atoms with Gasteiger partial charge < -0.3 is 0 Å². The van der Waals surface area contributed by atoms with Crippen molar-refractivity contribution in [3.8, 4) is 44.1 Å². The second-order valence-corrected chi connectivity index (χ2v) is 11.2. The van der Waals surface area contributed by atoms with Gasteiger partial charge in [-0.05, 0) is 40.5 Å². The molecule has 0 fully saturated rings. The van der Waals surface area contributed by atoms with Crippen LogP contribution < -0.4 is 0 Å². The van der Waals surface area contributed by atoms with Crippen molar-refractivity contribution in [1.29, 1.82) is 0 Å². The van der Waals surface area contributed by atoms with Crippen molar-refractivity contribution in [2.45, 2.75) is 0 Å². The fraction of sp³-hybridized carbons (Fsp3) is 0. The van der Waals surface area contributed by atoms with E-state index in [9.17, 15) is 0 Å². The van der Waals surface area contributed by atoms with E-state index in [4.69, 9.17) is 9.97 Å². The molecule has 2 heterocycles. The predicted molar refractivity (Wildman–Crippen MR) is 174 cm³/mol. The Morgan fingerprint density at radius 1 is 0.390 bits per heavy atom. The highest BCUT2D eigenvalue weighted by atomic mass is 32.1. The Bertz CT molecular complexity index is 2140. The van der Waals surface area contributed by atoms with E-state index in [1.807, 2.05) is 6.07 Å². The van der Waals surface area contributed by atoms with E-state index in [-0.39, 0.29) is 0 Å². The van der Waals surface area contributed by atoms with Crippen molar-refractivity contribution in [2.75, 3.05) is 0 Å². The van der Waals surface area contributed by atoms with Gasteiger partial charge in [0.05, 0.1) is 21.4 Å². The molecule has 2 aromatic heterocycles.